The van der Waals surface area contributed by atoms with Gasteiger partial charge in [0.05, 0.1) is 11.3 Å². The monoisotopic (exact) mass is 309 g/mol. The van der Waals surface area contributed by atoms with Gasteiger partial charge in [-0.1, -0.05) is 23.9 Å². The number of thioether (sulfide) groups is 1. The predicted molar refractivity (Wildman–Crippen MR) is 80.0 cm³/mol. The first kappa shape index (κ1) is 15.2. The van der Waals surface area contributed by atoms with E-state index in [1.54, 1.807) is 43.6 Å². The lowest BCUT2D eigenvalue weighted by Crippen LogP contribution is -2.15. The van der Waals surface area contributed by atoms with Crippen molar-refractivity contribution in [2.75, 3.05) is 17.7 Å². The maximum absolute atomic E-state index is 12.5. The summed E-state index contributed by atoms with van der Waals surface area (Å²) in [5.41, 5.74) is 0.690. The van der Waals surface area contributed by atoms with Crippen molar-refractivity contribution in [3.63, 3.8) is 0 Å². The van der Waals surface area contributed by atoms with Gasteiger partial charge in [-0.15, -0.1) is 0 Å². The molecule has 0 aliphatic heterocycles. The molecule has 0 fully saturated rings. The van der Waals surface area contributed by atoms with Crippen molar-refractivity contribution in [2.24, 2.45) is 0 Å². The van der Waals surface area contributed by atoms with Crippen LogP contribution in [0, 0.1) is 0 Å². The van der Waals surface area contributed by atoms with Crippen molar-refractivity contribution in [3.05, 3.63) is 48.2 Å². The molecule has 1 aromatic heterocycles. The summed E-state index contributed by atoms with van der Waals surface area (Å²) >= 11 is 0.393. The molecule has 1 aromatic carbocycles. The number of pyridine rings is 1. The van der Waals surface area contributed by atoms with Gasteiger partial charge in [-0.3, -0.25) is 4.79 Å². The second-order valence-electron chi connectivity index (χ2n) is 3.98. The summed E-state index contributed by atoms with van der Waals surface area (Å²) in [5, 5.41) is 5.45. The summed E-state index contributed by atoms with van der Waals surface area (Å²) in [7, 11) is 1.65. The highest BCUT2D eigenvalue weighted by Gasteiger charge is 2.15. The number of nitrogens with one attached hydrogen (secondary N) is 2. The van der Waals surface area contributed by atoms with E-state index in [1.165, 1.54) is 6.07 Å². The Balaban J connectivity index is 2.24. The highest BCUT2D eigenvalue weighted by Crippen LogP contribution is 2.32. The van der Waals surface area contributed by atoms with Crippen LogP contribution in [0.15, 0.2) is 47.5 Å². The van der Waals surface area contributed by atoms with Gasteiger partial charge in [0.1, 0.15) is 5.82 Å². The maximum Gasteiger partial charge on any atom is 0.288 e. The van der Waals surface area contributed by atoms with Crippen molar-refractivity contribution in [2.45, 2.75) is 10.7 Å². The van der Waals surface area contributed by atoms with Crippen molar-refractivity contribution in [1.82, 2.24) is 4.98 Å². The number of anilines is 2. The first-order valence-electron chi connectivity index (χ1n) is 6.09. The topological polar surface area (TPSA) is 54.0 Å². The normalized spacial score (nSPS) is 10.5. The van der Waals surface area contributed by atoms with Gasteiger partial charge in [-0.05, 0) is 24.3 Å². The molecule has 7 heteroatoms. The Bertz CT molecular complexity index is 637. The molecular formula is C14H13F2N3OS. The summed E-state index contributed by atoms with van der Waals surface area (Å²) in [6.45, 7) is 0. The minimum atomic E-state index is -2.55. The standard InChI is InChI=1S/C14H13F2N3OS/c1-17-12-9(5-4-8-18-12)13(20)19-10-6-2-3-7-11(10)21-14(15)16/h2-8,14H,1H3,(H,17,18)(H,19,20). The third-order valence-electron chi connectivity index (χ3n) is 2.64. The van der Waals surface area contributed by atoms with Crippen LogP contribution < -0.4 is 10.6 Å². The largest absolute Gasteiger partial charge is 0.372 e. The second kappa shape index (κ2) is 7.03. The number of hydrogen-bond acceptors (Lipinski definition) is 4. The van der Waals surface area contributed by atoms with Gasteiger partial charge in [-0.25, -0.2) is 4.98 Å². The lowest BCUT2D eigenvalue weighted by atomic mass is 10.2. The van der Waals surface area contributed by atoms with Crippen LogP contribution >= 0.6 is 11.8 Å². The Hall–Kier alpha value is -2.15. The molecule has 2 N–H and O–H groups in total. The number of carbonyl (C=O) groups is 1. The van der Waals surface area contributed by atoms with E-state index >= 15 is 0 Å². The predicted octanol–water partition coefficient (Wildman–Crippen LogP) is 3.69. The SMILES string of the molecule is CNc1ncccc1C(=O)Nc1ccccc1SC(F)F. The van der Waals surface area contributed by atoms with E-state index in [0.29, 0.717) is 33.7 Å². The minimum absolute atomic E-state index is 0.316. The third kappa shape index (κ3) is 3.91. The average Bonchev–Trinajstić information content (AvgIpc) is 2.48. The zero-order valence-electron chi connectivity index (χ0n) is 11.1. The molecule has 1 amide bonds. The Kier molecular flexibility index (Phi) is 5.10. The summed E-state index contributed by atoms with van der Waals surface area (Å²) in [6.07, 6.45) is 1.56. The Labute approximate surface area is 125 Å². The highest BCUT2D eigenvalue weighted by atomic mass is 32.2. The molecule has 0 saturated carbocycles. The number of para-hydroxylation sites is 1. The van der Waals surface area contributed by atoms with Gasteiger partial charge < -0.3 is 10.6 Å². The van der Waals surface area contributed by atoms with Gasteiger partial charge >= 0.3 is 0 Å². The van der Waals surface area contributed by atoms with E-state index in [0.717, 1.165) is 0 Å². The molecule has 110 valence electrons. The molecule has 0 spiro atoms. The van der Waals surface area contributed by atoms with Crippen LogP contribution in [-0.2, 0) is 0 Å². The summed E-state index contributed by atoms with van der Waals surface area (Å²) < 4.78 is 25.0. The summed E-state index contributed by atoms with van der Waals surface area (Å²) in [6, 6.07) is 9.68. The quantitative estimate of drug-likeness (QED) is 0.827. The number of carbonyl (C=O) groups excluding carboxylic acids is 1. The van der Waals surface area contributed by atoms with Crippen LogP contribution in [0.4, 0.5) is 20.3 Å². The van der Waals surface area contributed by atoms with Crippen molar-refractivity contribution < 1.29 is 13.6 Å². The lowest BCUT2D eigenvalue weighted by Gasteiger charge is -2.12. The fourth-order valence-corrected chi connectivity index (χ4v) is 2.34. The molecule has 1 heterocycles. The van der Waals surface area contributed by atoms with Gasteiger partial charge in [0.2, 0.25) is 0 Å². The summed E-state index contributed by atoms with van der Waals surface area (Å²) in [5.74, 6) is -2.53. The van der Waals surface area contributed by atoms with Crippen molar-refractivity contribution >= 4 is 29.2 Å². The lowest BCUT2D eigenvalue weighted by molar-refractivity contribution is 0.102. The molecule has 0 saturated heterocycles. The average molecular weight is 309 g/mol. The maximum atomic E-state index is 12.5. The molecule has 21 heavy (non-hydrogen) atoms. The van der Waals surface area contributed by atoms with E-state index in [9.17, 15) is 13.6 Å². The van der Waals surface area contributed by atoms with Gasteiger partial charge in [-0.2, -0.15) is 8.78 Å². The van der Waals surface area contributed by atoms with E-state index in [2.05, 4.69) is 15.6 Å². The number of amides is 1. The number of rotatable bonds is 5. The number of hydrogen-bond donors (Lipinski definition) is 2. The highest BCUT2D eigenvalue weighted by molar-refractivity contribution is 7.99. The Morgan fingerprint density at radius 2 is 2.00 bits per heavy atom. The molecule has 2 aromatic rings. The zero-order valence-corrected chi connectivity index (χ0v) is 12.0. The molecule has 4 nitrogen and oxygen atoms in total. The van der Waals surface area contributed by atoms with E-state index in [4.69, 9.17) is 0 Å². The van der Waals surface area contributed by atoms with Crippen LogP contribution in [0.25, 0.3) is 0 Å². The van der Waals surface area contributed by atoms with Crippen LogP contribution in [0.5, 0.6) is 0 Å². The Morgan fingerprint density at radius 1 is 1.24 bits per heavy atom. The molecule has 0 unspecified atom stereocenters. The first-order chi connectivity index (χ1) is 10.1. The van der Waals surface area contributed by atoms with Crippen LogP contribution in [0.2, 0.25) is 0 Å². The molecule has 0 bridgehead atoms. The molecule has 0 radical (unpaired) electrons. The zero-order chi connectivity index (χ0) is 15.2. The second-order valence-corrected chi connectivity index (χ2v) is 5.01. The fraction of sp³-hybridized carbons (Fsp3) is 0.143. The molecule has 0 aliphatic rings. The molecule has 2 rings (SSSR count). The smallest absolute Gasteiger partial charge is 0.288 e. The van der Waals surface area contributed by atoms with Crippen LogP contribution in [0.1, 0.15) is 10.4 Å². The van der Waals surface area contributed by atoms with Crippen molar-refractivity contribution in [1.29, 1.82) is 0 Å². The molecule has 0 atom stereocenters. The Morgan fingerprint density at radius 3 is 2.71 bits per heavy atom. The number of halogens is 2. The molecule has 0 aliphatic carbocycles. The molecular weight excluding hydrogens is 296 g/mol. The fourth-order valence-electron chi connectivity index (χ4n) is 1.75. The van der Waals surface area contributed by atoms with Gasteiger partial charge in [0, 0.05) is 18.1 Å². The number of nitrogens with zero attached hydrogens (tertiary/aromatic N) is 1. The van der Waals surface area contributed by atoms with E-state index in [-0.39, 0.29) is 0 Å². The van der Waals surface area contributed by atoms with Gasteiger partial charge in [0.25, 0.3) is 11.7 Å². The van der Waals surface area contributed by atoms with E-state index < -0.39 is 11.7 Å². The van der Waals surface area contributed by atoms with Crippen LogP contribution in [0.3, 0.4) is 0 Å². The number of alkyl halides is 2. The van der Waals surface area contributed by atoms with Crippen LogP contribution in [-0.4, -0.2) is 23.7 Å². The minimum Gasteiger partial charge on any atom is -0.372 e. The number of aromatic nitrogens is 1. The van der Waals surface area contributed by atoms with Crippen molar-refractivity contribution in [3.8, 4) is 0 Å². The van der Waals surface area contributed by atoms with Gasteiger partial charge in [0.15, 0.2) is 0 Å². The summed E-state index contributed by atoms with van der Waals surface area (Å²) in [4.78, 5) is 16.6. The number of benzene rings is 1. The first-order valence-corrected chi connectivity index (χ1v) is 6.97. The third-order valence-corrected chi connectivity index (χ3v) is 3.43. The van der Waals surface area contributed by atoms with E-state index in [1.807, 2.05) is 0 Å².